The van der Waals surface area contributed by atoms with Crippen molar-refractivity contribution in [1.82, 2.24) is 5.43 Å². The van der Waals surface area contributed by atoms with Gasteiger partial charge in [0.1, 0.15) is 5.75 Å². The van der Waals surface area contributed by atoms with E-state index in [4.69, 9.17) is 4.74 Å². The molecule has 0 aliphatic carbocycles. The highest BCUT2D eigenvalue weighted by atomic mass is 16.5. The number of carbonyl (C=O) groups excluding carboxylic acids is 2. The number of para-hydroxylation sites is 1. The third-order valence-corrected chi connectivity index (χ3v) is 3.22. The first-order valence-electron chi connectivity index (χ1n) is 7.95. The zero-order valence-corrected chi connectivity index (χ0v) is 14.2. The normalized spacial score (nSPS) is 10.7. The lowest BCUT2D eigenvalue weighted by atomic mass is 10.2. The van der Waals surface area contributed by atoms with Crippen molar-refractivity contribution in [2.45, 2.75) is 13.8 Å². The third-order valence-electron chi connectivity index (χ3n) is 3.22. The number of nitrogens with one attached hydrogen (secondary N) is 2. The van der Waals surface area contributed by atoms with E-state index < -0.39 is 0 Å². The van der Waals surface area contributed by atoms with E-state index in [2.05, 4.69) is 15.8 Å². The van der Waals surface area contributed by atoms with Crippen molar-refractivity contribution in [2.24, 2.45) is 11.0 Å². The van der Waals surface area contributed by atoms with Crippen LogP contribution in [0.3, 0.4) is 0 Å². The van der Waals surface area contributed by atoms with E-state index in [0.29, 0.717) is 5.75 Å². The van der Waals surface area contributed by atoms with Gasteiger partial charge in [0.25, 0.3) is 5.91 Å². The standard InChI is InChI=1S/C19H21N3O3/c1-14(2)19(24)22-20-12-15-8-10-17(11-9-15)25-13-18(23)21-16-6-4-3-5-7-16/h3-12,14H,13H2,1-2H3,(H,21,23)(H,22,24)/b20-12+. The molecule has 0 bridgehead atoms. The van der Waals surface area contributed by atoms with Crippen LogP contribution in [0.1, 0.15) is 19.4 Å². The molecule has 0 aliphatic rings. The van der Waals surface area contributed by atoms with Crippen LogP contribution in [0.5, 0.6) is 5.75 Å². The molecule has 6 heteroatoms. The van der Waals surface area contributed by atoms with Crippen LogP contribution in [0.15, 0.2) is 59.7 Å². The van der Waals surface area contributed by atoms with Gasteiger partial charge >= 0.3 is 0 Å². The van der Waals surface area contributed by atoms with Crippen LogP contribution in [0.25, 0.3) is 0 Å². The van der Waals surface area contributed by atoms with E-state index in [9.17, 15) is 9.59 Å². The highest BCUT2D eigenvalue weighted by molar-refractivity contribution is 5.91. The van der Waals surface area contributed by atoms with E-state index in [1.807, 2.05) is 30.3 Å². The number of amides is 2. The Balaban J connectivity index is 1.79. The van der Waals surface area contributed by atoms with Gasteiger partial charge in [0.15, 0.2) is 6.61 Å². The van der Waals surface area contributed by atoms with Crippen molar-refractivity contribution in [3.8, 4) is 5.75 Å². The summed E-state index contributed by atoms with van der Waals surface area (Å²) in [5, 5.41) is 6.63. The first kappa shape index (κ1) is 18.2. The predicted octanol–water partition coefficient (Wildman–Crippen LogP) is 2.81. The number of hydrogen-bond acceptors (Lipinski definition) is 4. The minimum absolute atomic E-state index is 0.0766. The second-order valence-electron chi connectivity index (χ2n) is 5.66. The van der Waals surface area contributed by atoms with Gasteiger partial charge in [0.2, 0.25) is 5.91 Å². The first-order chi connectivity index (χ1) is 12.0. The van der Waals surface area contributed by atoms with Crippen molar-refractivity contribution in [3.63, 3.8) is 0 Å². The third kappa shape index (κ3) is 6.47. The summed E-state index contributed by atoms with van der Waals surface area (Å²) in [6, 6.07) is 16.2. The number of nitrogens with zero attached hydrogens (tertiary/aromatic N) is 1. The molecular formula is C19H21N3O3. The van der Waals surface area contributed by atoms with Gasteiger partial charge in [-0.25, -0.2) is 5.43 Å². The molecule has 2 aromatic rings. The Morgan fingerprint density at radius 1 is 1.08 bits per heavy atom. The molecule has 6 nitrogen and oxygen atoms in total. The SMILES string of the molecule is CC(C)C(=O)N/N=C/c1ccc(OCC(=O)Nc2ccccc2)cc1. The summed E-state index contributed by atoms with van der Waals surface area (Å²) < 4.78 is 5.44. The van der Waals surface area contributed by atoms with Crippen molar-refractivity contribution in [3.05, 3.63) is 60.2 Å². The predicted molar refractivity (Wildman–Crippen MR) is 97.6 cm³/mol. The van der Waals surface area contributed by atoms with Gasteiger partial charge in [-0.05, 0) is 42.0 Å². The van der Waals surface area contributed by atoms with Gasteiger partial charge < -0.3 is 10.1 Å². The highest BCUT2D eigenvalue weighted by Crippen LogP contribution is 2.11. The molecule has 0 spiro atoms. The molecule has 0 unspecified atom stereocenters. The van der Waals surface area contributed by atoms with Crippen LogP contribution in [-0.4, -0.2) is 24.6 Å². The van der Waals surface area contributed by atoms with Gasteiger partial charge in [0, 0.05) is 11.6 Å². The average molecular weight is 339 g/mol. The lowest BCUT2D eigenvalue weighted by molar-refractivity contribution is -0.124. The highest BCUT2D eigenvalue weighted by Gasteiger charge is 2.04. The summed E-state index contributed by atoms with van der Waals surface area (Å²) in [4.78, 5) is 23.2. The summed E-state index contributed by atoms with van der Waals surface area (Å²) in [6.07, 6.45) is 1.55. The van der Waals surface area contributed by atoms with Crippen LogP contribution in [0.4, 0.5) is 5.69 Å². The Labute approximate surface area is 146 Å². The van der Waals surface area contributed by atoms with E-state index in [-0.39, 0.29) is 24.3 Å². The fourth-order valence-corrected chi connectivity index (χ4v) is 1.82. The molecule has 0 heterocycles. The molecule has 0 saturated heterocycles. The Bertz CT molecular complexity index is 725. The summed E-state index contributed by atoms with van der Waals surface area (Å²) in [7, 11) is 0. The van der Waals surface area contributed by atoms with E-state index in [1.54, 1.807) is 44.3 Å². The smallest absolute Gasteiger partial charge is 0.262 e. The quantitative estimate of drug-likeness (QED) is 0.601. The second-order valence-corrected chi connectivity index (χ2v) is 5.66. The lowest BCUT2D eigenvalue weighted by Gasteiger charge is -2.07. The number of carbonyl (C=O) groups is 2. The van der Waals surface area contributed by atoms with Crippen molar-refractivity contribution in [2.75, 3.05) is 11.9 Å². The first-order valence-corrected chi connectivity index (χ1v) is 7.95. The van der Waals surface area contributed by atoms with Crippen molar-refractivity contribution < 1.29 is 14.3 Å². The molecule has 2 N–H and O–H groups in total. The monoisotopic (exact) mass is 339 g/mol. The number of hydrazone groups is 1. The zero-order valence-electron chi connectivity index (χ0n) is 14.2. The zero-order chi connectivity index (χ0) is 18.1. The van der Waals surface area contributed by atoms with Crippen molar-refractivity contribution in [1.29, 1.82) is 0 Å². The minimum Gasteiger partial charge on any atom is -0.484 e. The average Bonchev–Trinajstić information content (AvgIpc) is 2.61. The van der Waals surface area contributed by atoms with Crippen LogP contribution in [0, 0.1) is 5.92 Å². The van der Waals surface area contributed by atoms with Crippen LogP contribution < -0.4 is 15.5 Å². The van der Waals surface area contributed by atoms with Crippen molar-refractivity contribution >= 4 is 23.7 Å². The van der Waals surface area contributed by atoms with Crippen LogP contribution in [0.2, 0.25) is 0 Å². The van der Waals surface area contributed by atoms with E-state index >= 15 is 0 Å². The summed E-state index contributed by atoms with van der Waals surface area (Å²) in [6.45, 7) is 3.52. The molecule has 0 radical (unpaired) electrons. The lowest BCUT2D eigenvalue weighted by Crippen LogP contribution is -2.22. The second kappa shape index (κ2) is 9.22. The maximum atomic E-state index is 11.8. The summed E-state index contributed by atoms with van der Waals surface area (Å²) in [5.74, 6) is 0.0930. The number of hydrogen-bond donors (Lipinski definition) is 2. The molecule has 2 aromatic carbocycles. The van der Waals surface area contributed by atoms with Crippen LogP contribution >= 0.6 is 0 Å². The van der Waals surface area contributed by atoms with Crippen LogP contribution in [-0.2, 0) is 9.59 Å². The fourth-order valence-electron chi connectivity index (χ4n) is 1.82. The van der Waals surface area contributed by atoms with Gasteiger partial charge in [-0.15, -0.1) is 0 Å². The molecule has 0 saturated carbocycles. The fraction of sp³-hybridized carbons (Fsp3) is 0.211. The molecule has 2 rings (SSSR count). The minimum atomic E-state index is -0.228. The molecule has 0 aromatic heterocycles. The maximum Gasteiger partial charge on any atom is 0.262 e. The number of ether oxygens (including phenoxy) is 1. The summed E-state index contributed by atoms with van der Waals surface area (Å²) in [5.41, 5.74) is 3.99. The Morgan fingerprint density at radius 3 is 2.40 bits per heavy atom. The van der Waals surface area contributed by atoms with Gasteiger partial charge in [0.05, 0.1) is 6.21 Å². The van der Waals surface area contributed by atoms with Gasteiger partial charge in [-0.3, -0.25) is 9.59 Å². The van der Waals surface area contributed by atoms with E-state index in [0.717, 1.165) is 11.3 Å². The number of benzene rings is 2. The Kier molecular flexibility index (Phi) is 6.71. The topological polar surface area (TPSA) is 79.8 Å². The molecule has 0 atom stereocenters. The molecule has 2 amide bonds. The molecule has 25 heavy (non-hydrogen) atoms. The summed E-state index contributed by atoms with van der Waals surface area (Å²) >= 11 is 0. The molecule has 130 valence electrons. The number of anilines is 1. The van der Waals surface area contributed by atoms with E-state index in [1.165, 1.54) is 0 Å². The molecular weight excluding hydrogens is 318 g/mol. The Hall–Kier alpha value is -3.15. The maximum absolute atomic E-state index is 11.8. The largest absolute Gasteiger partial charge is 0.484 e. The number of rotatable bonds is 7. The van der Waals surface area contributed by atoms with Gasteiger partial charge in [-0.2, -0.15) is 5.10 Å². The molecule has 0 fully saturated rings. The molecule has 0 aliphatic heterocycles. The van der Waals surface area contributed by atoms with Gasteiger partial charge in [-0.1, -0.05) is 32.0 Å². The Morgan fingerprint density at radius 2 is 1.76 bits per heavy atom.